The molecule has 0 atom stereocenters. The molecule has 0 spiro atoms. The molecule has 24 heavy (non-hydrogen) atoms. The molecule has 0 bridgehead atoms. The number of hydrogen-bond acceptors (Lipinski definition) is 4. The summed E-state index contributed by atoms with van der Waals surface area (Å²) >= 11 is 2.94. The van der Waals surface area contributed by atoms with Crippen LogP contribution in [0.2, 0.25) is 0 Å². The van der Waals surface area contributed by atoms with Gasteiger partial charge in [-0.05, 0) is 0 Å². The Labute approximate surface area is 147 Å². The van der Waals surface area contributed by atoms with Crippen LogP contribution >= 0.6 is 0 Å². The number of nitrogens with zero attached hydrogens (tertiary/aromatic N) is 2. The van der Waals surface area contributed by atoms with Gasteiger partial charge in [-0.2, -0.15) is 0 Å². The monoisotopic (exact) mass is 388 g/mol. The molecular weight excluding hydrogens is 371 g/mol. The zero-order chi connectivity index (χ0) is 17.4. The van der Waals surface area contributed by atoms with Crippen LogP contribution in [0.5, 0.6) is 11.5 Å². The maximum atomic E-state index is 12.8. The van der Waals surface area contributed by atoms with Crippen molar-refractivity contribution in [3.63, 3.8) is 0 Å². The molecule has 1 amide bonds. The van der Waals surface area contributed by atoms with Crippen LogP contribution in [0.3, 0.4) is 0 Å². The Morgan fingerprint density at radius 1 is 1.04 bits per heavy atom. The Balaban J connectivity index is 1.99. The molecule has 2 aromatic rings. The summed E-state index contributed by atoms with van der Waals surface area (Å²) in [7, 11) is 1.80. The number of benzene rings is 2. The van der Waals surface area contributed by atoms with Crippen molar-refractivity contribution in [3.05, 3.63) is 59.3 Å². The molecule has 5 nitrogen and oxygen atoms in total. The summed E-state index contributed by atoms with van der Waals surface area (Å²) in [6.07, 6.45) is 1.67. The number of carbonyl (C=O) groups excluding carboxylic acids is 1. The Hall–Kier alpha value is -2.56. The van der Waals surface area contributed by atoms with Gasteiger partial charge in [0.25, 0.3) is 0 Å². The van der Waals surface area contributed by atoms with Crippen molar-refractivity contribution in [2.75, 3.05) is 11.9 Å². The number of amides is 1. The van der Waals surface area contributed by atoms with E-state index in [9.17, 15) is 15.0 Å². The van der Waals surface area contributed by atoms with Crippen LogP contribution < -0.4 is 4.90 Å². The summed E-state index contributed by atoms with van der Waals surface area (Å²) in [6.45, 7) is 1.99. The standard InChI is InChI=1S/C18H16N2O3Se/c1-11-3-6-13(7-4-11)20-17(23)14(19(2)18(20)24)9-12-5-8-15(21)16(22)10-12/h3-10,21-22H,1-2H3/b14-9+. The fourth-order valence-electron chi connectivity index (χ4n) is 2.47. The third kappa shape index (κ3) is 2.82. The first kappa shape index (κ1) is 16.3. The van der Waals surface area contributed by atoms with Gasteiger partial charge < -0.3 is 0 Å². The van der Waals surface area contributed by atoms with E-state index < -0.39 is 0 Å². The first-order chi connectivity index (χ1) is 11.4. The average molecular weight is 387 g/mol. The van der Waals surface area contributed by atoms with E-state index in [2.05, 4.69) is 15.6 Å². The molecule has 1 heterocycles. The number of likely N-dealkylation sites (N-methyl/N-ethyl adjacent to an activating group) is 1. The molecule has 3 rings (SSSR count). The zero-order valence-electron chi connectivity index (χ0n) is 13.2. The number of hydrogen-bond donors (Lipinski definition) is 2. The zero-order valence-corrected chi connectivity index (χ0v) is 14.9. The minimum atomic E-state index is -0.222. The molecule has 6 heteroatoms. The van der Waals surface area contributed by atoms with Gasteiger partial charge in [0, 0.05) is 0 Å². The molecule has 1 aliphatic rings. The summed E-state index contributed by atoms with van der Waals surface area (Å²) in [5, 5.41) is 19.0. The third-order valence-corrected chi connectivity index (χ3v) is 4.81. The van der Waals surface area contributed by atoms with Gasteiger partial charge in [-0.3, -0.25) is 0 Å². The number of phenolic OH excluding ortho intramolecular Hbond substituents is 2. The van der Waals surface area contributed by atoms with Crippen molar-refractivity contribution < 1.29 is 15.0 Å². The van der Waals surface area contributed by atoms with Crippen LogP contribution in [0.4, 0.5) is 5.69 Å². The van der Waals surface area contributed by atoms with Gasteiger partial charge in [0.1, 0.15) is 0 Å². The van der Waals surface area contributed by atoms with Crippen molar-refractivity contribution in [1.29, 1.82) is 0 Å². The van der Waals surface area contributed by atoms with Gasteiger partial charge in [0.15, 0.2) is 0 Å². The Kier molecular flexibility index (Phi) is 4.18. The number of anilines is 1. The first-order valence-electron chi connectivity index (χ1n) is 7.31. The van der Waals surface area contributed by atoms with E-state index in [1.165, 1.54) is 12.1 Å². The topological polar surface area (TPSA) is 64.0 Å². The molecule has 2 N–H and O–H groups in total. The number of carbonyl (C=O) groups is 1. The second-order valence-electron chi connectivity index (χ2n) is 5.60. The number of rotatable bonds is 2. The molecule has 0 aromatic heterocycles. The predicted molar refractivity (Wildman–Crippen MR) is 94.9 cm³/mol. The van der Waals surface area contributed by atoms with E-state index >= 15 is 0 Å². The quantitative estimate of drug-likeness (QED) is 0.470. The Bertz CT molecular complexity index is 859. The predicted octanol–water partition coefficient (Wildman–Crippen LogP) is 1.98. The Morgan fingerprint density at radius 3 is 2.33 bits per heavy atom. The molecule has 2 aromatic carbocycles. The van der Waals surface area contributed by atoms with Crippen LogP contribution in [0.15, 0.2) is 48.2 Å². The summed E-state index contributed by atoms with van der Waals surface area (Å²) < 4.78 is 0.679. The van der Waals surface area contributed by atoms with Gasteiger partial charge in [0.2, 0.25) is 0 Å². The van der Waals surface area contributed by atoms with E-state index in [4.69, 9.17) is 0 Å². The van der Waals surface area contributed by atoms with E-state index in [0.29, 0.717) is 15.9 Å². The number of aryl methyl sites for hydroxylation is 1. The second-order valence-corrected chi connectivity index (χ2v) is 6.36. The summed E-state index contributed by atoms with van der Waals surface area (Å²) in [4.78, 5) is 16.2. The molecule has 1 aliphatic heterocycles. The van der Waals surface area contributed by atoms with Crippen molar-refractivity contribution in [3.8, 4) is 11.5 Å². The SMILES string of the molecule is Cc1ccc(N2C(=O)/C(=C\c3ccc(O)c(O)c3)N(C)C2=[Se])cc1. The summed E-state index contributed by atoms with van der Waals surface area (Å²) in [5.41, 5.74) is 2.99. The molecule has 0 saturated carbocycles. The van der Waals surface area contributed by atoms with Crippen LogP contribution in [-0.2, 0) is 4.79 Å². The second kappa shape index (κ2) is 6.15. The van der Waals surface area contributed by atoms with Crippen molar-refractivity contribution in [2.45, 2.75) is 6.92 Å². The first-order valence-corrected chi connectivity index (χ1v) is 8.16. The third-order valence-electron chi connectivity index (χ3n) is 3.86. The van der Waals surface area contributed by atoms with Gasteiger partial charge in [-0.1, -0.05) is 0 Å². The molecule has 1 saturated heterocycles. The molecule has 1 fully saturated rings. The van der Waals surface area contributed by atoms with Crippen LogP contribution in [-0.4, -0.2) is 48.3 Å². The van der Waals surface area contributed by atoms with Crippen LogP contribution in [0.1, 0.15) is 11.1 Å². The molecule has 122 valence electrons. The van der Waals surface area contributed by atoms with Gasteiger partial charge >= 0.3 is 147 Å². The van der Waals surface area contributed by atoms with Crippen LogP contribution in [0, 0.1) is 6.92 Å². The molecule has 0 radical (unpaired) electrons. The average Bonchev–Trinajstić information content (AvgIpc) is 2.76. The van der Waals surface area contributed by atoms with Crippen molar-refractivity contribution in [1.82, 2.24) is 4.90 Å². The van der Waals surface area contributed by atoms with E-state index in [0.717, 1.165) is 11.3 Å². The van der Waals surface area contributed by atoms with Gasteiger partial charge in [-0.15, -0.1) is 0 Å². The van der Waals surface area contributed by atoms with Crippen LogP contribution in [0.25, 0.3) is 6.08 Å². The summed E-state index contributed by atoms with van der Waals surface area (Å²) in [6, 6.07) is 12.1. The Morgan fingerprint density at radius 2 is 1.71 bits per heavy atom. The normalized spacial score (nSPS) is 16.3. The fourth-order valence-corrected chi connectivity index (χ4v) is 3.07. The van der Waals surface area contributed by atoms with Crippen molar-refractivity contribution in [2.24, 2.45) is 0 Å². The van der Waals surface area contributed by atoms with E-state index in [1.807, 2.05) is 31.2 Å². The van der Waals surface area contributed by atoms with Crippen molar-refractivity contribution >= 4 is 37.9 Å². The molecule has 0 unspecified atom stereocenters. The van der Waals surface area contributed by atoms with Gasteiger partial charge in [0.05, 0.1) is 0 Å². The summed E-state index contributed by atoms with van der Waals surface area (Å²) in [5.74, 6) is -0.580. The fraction of sp³-hybridized carbons (Fsp3) is 0.111. The number of phenols is 2. The molecular formula is C18H16N2O3Se. The maximum absolute atomic E-state index is 12.8. The van der Waals surface area contributed by atoms with E-state index in [1.54, 1.807) is 29.0 Å². The molecule has 0 aliphatic carbocycles. The van der Waals surface area contributed by atoms with Gasteiger partial charge in [-0.25, -0.2) is 0 Å². The van der Waals surface area contributed by atoms with E-state index in [-0.39, 0.29) is 17.4 Å². The number of aromatic hydroxyl groups is 2. The minimum absolute atomic E-state index is 0.164.